The zero-order valence-electron chi connectivity index (χ0n) is 16.4. The van der Waals surface area contributed by atoms with Gasteiger partial charge in [-0.15, -0.1) is 0 Å². The third kappa shape index (κ3) is 4.43. The van der Waals surface area contributed by atoms with Crippen LogP contribution in [0.4, 0.5) is 4.39 Å². The standard InChI is InChI=1S/C24H24ClFN2O/c1-15(28-24(29)18-6-8-19(25)9-7-18)16-2-4-17(5-3-16)21-12-13-27-23-11-10-20(26)14-22(21)23/h6-17H,2-5H2,1H3,(H,28,29)/t15-,16?,17?/m0/s1. The molecule has 0 unspecified atom stereocenters. The Morgan fingerprint density at radius 1 is 1.10 bits per heavy atom. The molecule has 4 rings (SSSR count). The van der Waals surface area contributed by atoms with Crippen LogP contribution in [0.3, 0.4) is 0 Å². The smallest absolute Gasteiger partial charge is 0.251 e. The van der Waals surface area contributed by atoms with Crippen molar-refractivity contribution in [1.29, 1.82) is 0 Å². The molecule has 1 N–H and O–H groups in total. The number of carbonyl (C=O) groups excluding carboxylic acids is 1. The van der Waals surface area contributed by atoms with Crippen molar-refractivity contribution in [2.75, 3.05) is 0 Å². The number of rotatable bonds is 4. The van der Waals surface area contributed by atoms with E-state index in [2.05, 4.69) is 17.2 Å². The van der Waals surface area contributed by atoms with E-state index in [-0.39, 0.29) is 17.8 Å². The zero-order valence-corrected chi connectivity index (χ0v) is 17.1. The van der Waals surface area contributed by atoms with E-state index in [1.165, 1.54) is 11.6 Å². The van der Waals surface area contributed by atoms with E-state index in [9.17, 15) is 9.18 Å². The van der Waals surface area contributed by atoms with Gasteiger partial charge in [-0.2, -0.15) is 0 Å². The normalized spacial score (nSPS) is 20.4. The van der Waals surface area contributed by atoms with Gasteiger partial charge >= 0.3 is 0 Å². The van der Waals surface area contributed by atoms with Crippen molar-refractivity contribution < 1.29 is 9.18 Å². The molecular weight excluding hydrogens is 387 g/mol. The fourth-order valence-electron chi connectivity index (χ4n) is 4.44. The summed E-state index contributed by atoms with van der Waals surface area (Å²) in [6, 6.07) is 13.9. The van der Waals surface area contributed by atoms with Crippen molar-refractivity contribution in [2.45, 2.75) is 44.6 Å². The molecule has 1 saturated carbocycles. The first-order valence-electron chi connectivity index (χ1n) is 10.1. The summed E-state index contributed by atoms with van der Waals surface area (Å²) in [6.07, 6.45) is 5.94. The van der Waals surface area contributed by atoms with Crippen molar-refractivity contribution in [3.8, 4) is 0 Å². The SMILES string of the molecule is C[C@H](NC(=O)c1ccc(Cl)cc1)C1CCC(c2ccnc3ccc(F)cc23)CC1. The van der Waals surface area contributed by atoms with Crippen LogP contribution in [0, 0.1) is 11.7 Å². The highest BCUT2D eigenvalue weighted by molar-refractivity contribution is 6.30. The molecule has 1 amide bonds. The molecule has 29 heavy (non-hydrogen) atoms. The predicted octanol–water partition coefficient (Wildman–Crippen LogP) is 6.12. The van der Waals surface area contributed by atoms with Gasteiger partial charge in [-0.1, -0.05) is 11.6 Å². The van der Waals surface area contributed by atoms with E-state index in [4.69, 9.17) is 11.6 Å². The van der Waals surface area contributed by atoms with Crippen LogP contribution in [0.1, 0.15) is 54.4 Å². The molecule has 1 aliphatic rings. The lowest BCUT2D eigenvalue weighted by Crippen LogP contribution is -2.39. The molecule has 2 aromatic carbocycles. The molecule has 0 saturated heterocycles. The fourth-order valence-corrected chi connectivity index (χ4v) is 4.56. The highest BCUT2D eigenvalue weighted by atomic mass is 35.5. The summed E-state index contributed by atoms with van der Waals surface area (Å²) in [5.41, 5.74) is 2.65. The van der Waals surface area contributed by atoms with E-state index in [1.54, 1.807) is 36.4 Å². The van der Waals surface area contributed by atoms with Gasteiger partial charge in [0, 0.05) is 28.2 Å². The molecule has 1 aliphatic carbocycles. The molecule has 0 aliphatic heterocycles. The van der Waals surface area contributed by atoms with Crippen LogP contribution in [0.25, 0.3) is 10.9 Å². The number of carbonyl (C=O) groups is 1. The summed E-state index contributed by atoms with van der Waals surface area (Å²) in [6.45, 7) is 2.08. The Bertz CT molecular complexity index is 1010. The Labute approximate surface area is 175 Å². The summed E-state index contributed by atoms with van der Waals surface area (Å²) in [5, 5.41) is 4.67. The van der Waals surface area contributed by atoms with Crippen LogP contribution in [0.5, 0.6) is 0 Å². The molecule has 3 nitrogen and oxygen atoms in total. The lowest BCUT2D eigenvalue weighted by molar-refractivity contribution is 0.0918. The molecule has 3 aromatic rings. The van der Waals surface area contributed by atoms with Crippen molar-refractivity contribution in [3.63, 3.8) is 0 Å². The third-order valence-electron chi connectivity index (χ3n) is 6.12. The molecule has 0 spiro atoms. The highest BCUT2D eigenvalue weighted by Gasteiger charge is 2.28. The summed E-state index contributed by atoms with van der Waals surface area (Å²) >= 11 is 5.90. The minimum Gasteiger partial charge on any atom is -0.349 e. The number of fused-ring (bicyclic) bond motifs is 1. The van der Waals surface area contributed by atoms with Gasteiger partial charge in [-0.25, -0.2) is 4.39 Å². The monoisotopic (exact) mass is 410 g/mol. The number of nitrogens with one attached hydrogen (secondary N) is 1. The van der Waals surface area contributed by atoms with E-state index in [0.717, 1.165) is 36.6 Å². The van der Waals surface area contributed by atoms with Gasteiger partial charge in [-0.3, -0.25) is 9.78 Å². The summed E-state index contributed by atoms with van der Waals surface area (Å²) in [5.74, 6) is 0.552. The van der Waals surface area contributed by atoms with Gasteiger partial charge in [0.15, 0.2) is 0 Å². The Kier molecular flexibility index (Phi) is 5.81. The second kappa shape index (κ2) is 8.50. The molecule has 150 valence electrons. The van der Waals surface area contributed by atoms with E-state index >= 15 is 0 Å². The maximum absolute atomic E-state index is 13.8. The predicted molar refractivity (Wildman–Crippen MR) is 115 cm³/mol. The number of nitrogens with zero attached hydrogens (tertiary/aromatic N) is 1. The average Bonchev–Trinajstić information content (AvgIpc) is 2.74. The number of hydrogen-bond donors (Lipinski definition) is 1. The molecular formula is C24H24ClFN2O. The van der Waals surface area contributed by atoms with Gasteiger partial charge in [0.25, 0.3) is 5.91 Å². The number of pyridine rings is 1. The second-order valence-electron chi connectivity index (χ2n) is 7.94. The summed E-state index contributed by atoms with van der Waals surface area (Å²) in [4.78, 5) is 16.8. The first-order valence-corrected chi connectivity index (χ1v) is 10.5. The quantitative estimate of drug-likeness (QED) is 0.563. The number of amides is 1. The topological polar surface area (TPSA) is 42.0 Å². The summed E-state index contributed by atoms with van der Waals surface area (Å²) < 4.78 is 13.8. The van der Waals surface area contributed by atoms with E-state index < -0.39 is 0 Å². The van der Waals surface area contributed by atoms with Crippen LogP contribution >= 0.6 is 11.6 Å². The van der Waals surface area contributed by atoms with Crippen LogP contribution < -0.4 is 5.32 Å². The Morgan fingerprint density at radius 3 is 2.55 bits per heavy atom. The van der Waals surface area contributed by atoms with Crippen LogP contribution in [-0.4, -0.2) is 16.9 Å². The minimum atomic E-state index is -0.223. The van der Waals surface area contributed by atoms with Crippen molar-refractivity contribution >= 4 is 28.4 Å². The first kappa shape index (κ1) is 19.8. The molecule has 1 fully saturated rings. The minimum absolute atomic E-state index is 0.0631. The number of hydrogen-bond acceptors (Lipinski definition) is 2. The highest BCUT2D eigenvalue weighted by Crippen LogP contribution is 2.39. The van der Waals surface area contributed by atoms with Crippen LogP contribution in [0.15, 0.2) is 54.7 Å². The molecule has 0 bridgehead atoms. The Morgan fingerprint density at radius 2 is 1.83 bits per heavy atom. The van der Waals surface area contributed by atoms with E-state index in [0.29, 0.717) is 22.4 Å². The molecule has 1 heterocycles. The lowest BCUT2D eigenvalue weighted by atomic mass is 9.75. The maximum atomic E-state index is 13.8. The van der Waals surface area contributed by atoms with Gasteiger partial charge < -0.3 is 5.32 Å². The number of benzene rings is 2. The Balaban J connectivity index is 1.40. The molecule has 0 radical (unpaired) electrons. The molecule has 5 heteroatoms. The Hall–Kier alpha value is -2.46. The van der Waals surface area contributed by atoms with Crippen LogP contribution in [-0.2, 0) is 0 Å². The van der Waals surface area contributed by atoms with Crippen LogP contribution in [0.2, 0.25) is 5.02 Å². The zero-order chi connectivity index (χ0) is 20.4. The van der Waals surface area contributed by atoms with Crippen molar-refractivity contribution in [3.05, 3.63) is 76.7 Å². The third-order valence-corrected chi connectivity index (χ3v) is 6.37. The second-order valence-corrected chi connectivity index (χ2v) is 8.38. The van der Waals surface area contributed by atoms with Crippen molar-refractivity contribution in [2.24, 2.45) is 5.92 Å². The van der Waals surface area contributed by atoms with Crippen molar-refractivity contribution in [1.82, 2.24) is 10.3 Å². The van der Waals surface area contributed by atoms with Gasteiger partial charge in [0.1, 0.15) is 5.82 Å². The molecule has 1 atom stereocenters. The first-order chi connectivity index (χ1) is 14.0. The largest absolute Gasteiger partial charge is 0.349 e. The summed E-state index contributed by atoms with van der Waals surface area (Å²) in [7, 11) is 0. The van der Waals surface area contributed by atoms with Gasteiger partial charge in [0.2, 0.25) is 0 Å². The number of aromatic nitrogens is 1. The average molecular weight is 411 g/mol. The van der Waals surface area contributed by atoms with E-state index in [1.807, 2.05) is 12.3 Å². The fraction of sp³-hybridized carbons (Fsp3) is 0.333. The number of halogens is 2. The van der Waals surface area contributed by atoms with Gasteiger partial charge in [-0.05, 0) is 98.5 Å². The van der Waals surface area contributed by atoms with Gasteiger partial charge in [0.05, 0.1) is 5.52 Å². The maximum Gasteiger partial charge on any atom is 0.251 e. The lowest BCUT2D eigenvalue weighted by Gasteiger charge is -2.33. The molecule has 1 aromatic heterocycles.